The number of aliphatic hydroxyl groups is 4. The first-order chi connectivity index (χ1) is 39.0. The lowest BCUT2D eigenvalue weighted by Crippen LogP contribution is -2.61. The highest BCUT2D eigenvalue weighted by Crippen LogP contribution is 2.27. The molecule has 0 aliphatic carbocycles. The maximum absolute atomic E-state index is 13.2. The van der Waals surface area contributed by atoms with Crippen LogP contribution in [0, 0.1) is 0 Å². The normalized spacial score (nSPS) is 18.6. The van der Waals surface area contributed by atoms with E-state index in [-0.39, 0.29) is 12.5 Å². The van der Waals surface area contributed by atoms with Gasteiger partial charge in [0.25, 0.3) is 0 Å². The van der Waals surface area contributed by atoms with Crippen molar-refractivity contribution in [3.8, 4) is 0 Å². The van der Waals surface area contributed by atoms with Gasteiger partial charge < -0.3 is 35.2 Å². The van der Waals surface area contributed by atoms with E-state index >= 15 is 0 Å². The number of carbonyl (C=O) groups excluding carboxylic acids is 1. The molecule has 1 amide bonds. The molecule has 0 aromatic heterocycles. The van der Waals surface area contributed by atoms with Crippen molar-refractivity contribution in [1.29, 1.82) is 0 Å². The average molecular weight is 1160 g/mol. The predicted octanol–water partition coefficient (Wildman–Crippen LogP) is 17.7. The fraction of sp³-hybridized carbons (Fsp3) is 0.955. The summed E-state index contributed by atoms with van der Waals surface area (Å²) >= 11 is 0. The molecular formula is C67H131NO11S. The van der Waals surface area contributed by atoms with Gasteiger partial charge in [0.05, 0.1) is 25.4 Å². The first kappa shape index (κ1) is 76.9. The molecule has 0 aromatic carbocycles. The first-order valence-corrected chi connectivity index (χ1v) is 35.9. The summed E-state index contributed by atoms with van der Waals surface area (Å²) in [7, 11) is -5.08. The van der Waals surface area contributed by atoms with Crippen LogP contribution in [0.2, 0.25) is 0 Å². The quantitative estimate of drug-likeness (QED) is 0.0193. The summed E-state index contributed by atoms with van der Waals surface area (Å²) in [5, 5.41) is 45.3. The van der Waals surface area contributed by atoms with E-state index in [4.69, 9.17) is 9.47 Å². The molecule has 0 saturated carbocycles. The summed E-state index contributed by atoms with van der Waals surface area (Å²) < 4.78 is 48.1. The molecule has 80 heavy (non-hydrogen) atoms. The lowest BCUT2D eigenvalue weighted by atomic mass is 9.99. The second-order valence-electron chi connectivity index (χ2n) is 24.5. The zero-order valence-corrected chi connectivity index (χ0v) is 53.0. The van der Waals surface area contributed by atoms with Crippen molar-refractivity contribution in [3.63, 3.8) is 0 Å². The molecule has 476 valence electrons. The molecule has 13 heteroatoms. The number of hydrogen-bond donors (Lipinski definition) is 6. The van der Waals surface area contributed by atoms with Crippen molar-refractivity contribution >= 4 is 16.3 Å². The Labute approximate surface area is 493 Å². The third-order valence-corrected chi connectivity index (χ3v) is 17.3. The van der Waals surface area contributed by atoms with Gasteiger partial charge in [-0.1, -0.05) is 321 Å². The second-order valence-corrected chi connectivity index (χ2v) is 25.5. The van der Waals surface area contributed by atoms with E-state index in [1.807, 2.05) is 0 Å². The SMILES string of the molecule is CCCCCCCCCCCCCC/C=C\CCCCCCCCCCCCCCCCCC(=O)NC(COC1OC(CO)C(O)C(OS(=O)(=O)O)C1O)C(O)CCCCCCCCCCCCCCCCCCCCCCCC. The highest BCUT2D eigenvalue weighted by atomic mass is 32.3. The van der Waals surface area contributed by atoms with E-state index in [0.29, 0.717) is 12.8 Å². The van der Waals surface area contributed by atoms with E-state index in [0.717, 1.165) is 51.4 Å². The number of amides is 1. The fourth-order valence-electron chi connectivity index (χ4n) is 11.5. The van der Waals surface area contributed by atoms with Crippen molar-refractivity contribution in [2.24, 2.45) is 0 Å². The van der Waals surface area contributed by atoms with E-state index in [2.05, 4.69) is 35.5 Å². The molecule has 1 saturated heterocycles. The topological polar surface area (TPSA) is 192 Å². The molecule has 7 unspecified atom stereocenters. The number of allylic oxidation sites excluding steroid dienone is 2. The third kappa shape index (κ3) is 48.1. The van der Waals surface area contributed by atoms with E-state index in [1.54, 1.807) is 0 Å². The maximum Gasteiger partial charge on any atom is 0.397 e. The summed E-state index contributed by atoms with van der Waals surface area (Å²) in [6.45, 7) is 3.52. The van der Waals surface area contributed by atoms with Crippen LogP contribution in [-0.2, 0) is 28.9 Å². The van der Waals surface area contributed by atoms with Crippen molar-refractivity contribution in [2.75, 3.05) is 13.2 Å². The van der Waals surface area contributed by atoms with Gasteiger partial charge in [0.15, 0.2) is 6.29 Å². The number of ether oxygens (including phenoxy) is 2. The Bertz CT molecular complexity index is 1450. The van der Waals surface area contributed by atoms with Crippen molar-refractivity contribution in [3.05, 3.63) is 12.2 Å². The van der Waals surface area contributed by atoms with Crippen LogP contribution in [-0.4, -0.2) is 95.4 Å². The van der Waals surface area contributed by atoms with Crippen LogP contribution in [0.4, 0.5) is 0 Å². The van der Waals surface area contributed by atoms with E-state index in [1.165, 1.54) is 276 Å². The highest BCUT2D eigenvalue weighted by molar-refractivity contribution is 7.80. The number of nitrogens with one attached hydrogen (secondary N) is 1. The zero-order chi connectivity index (χ0) is 58.3. The van der Waals surface area contributed by atoms with E-state index in [9.17, 15) is 38.2 Å². The molecule has 1 fully saturated rings. The van der Waals surface area contributed by atoms with Crippen LogP contribution in [0.3, 0.4) is 0 Å². The van der Waals surface area contributed by atoms with Crippen molar-refractivity contribution in [1.82, 2.24) is 5.32 Å². The Kier molecular flexibility index (Phi) is 54.7. The number of carbonyl (C=O) groups is 1. The zero-order valence-electron chi connectivity index (χ0n) is 52.2. The van der Waals surface area contributed by atoms with Crippen LogP contribution >= 0.6 is 0 Å². The maximum atomic E-state index is 13.2. The lowest BCUT2D eigenvalue weighted by Gasteiger charge is -2.41. The van der Waals surface area contributed by atoms with Gasteiger partial charge in [0.1, 0.15) is 24.4 Å². The minimum absolute atomic E-state index is 0.222. The number of aliphatic hydroxyl groups excluding tert-OH is 4. The predicted molar refractivity (Wildman–Crippen MR) is 333 cm³/mol. The Balaban J connectivity index is 2.23. The molecule has 0 spiro atoms. The van der Waals surface area contributed by atoms with Gasteiger partial charge in [-0.3, -0.25) is 9.35 Å². The Morgan fingerprint density at radius 1 is 0.487 bits per heavy atom. The molecule has 0 radical (unpaired) electrons. The van der Waals surface area contributed by atoms with Gasteiger partial charge in [0.2, 0.25) is 5.91 Å². The van der Waals surface area contributed by atoms with Gasteiger partial charge in [-0.25, -0.2) is 4.18 Å². The standard InChI is InChI=1S/C67H131NO11S/c1-3-5-7-9-11-13-15-17-19-21-23-25-27-28-29-30-31-32-33-34-35-37-39-41-43-45-47-49-51-53-55-57-63(71)68-60(59-77-67-65(73)66(79-80(74,75)76)64(72)62(58-69)78-67)61(70)56-54-52-50-48-46-44-42-40-38-36-26-24-22-20-18-16-14-12-10-8-6-4-2/h28-29,60-62,64-67,69-70,72-73H,3-27,30-59H2,1-2H3,(H,68,71)(H,74,75,76)/b29-28-. The lowest BCUT2D eigenvalue weighted by molar-refractivity contribution is -0.298. The van der Waals surface area contributed by atoms with Crippen LogP contribution in [0.25, 0.3) is 0 Å². The molecule has 1 aliphatic rings. The summed E-state index contributed by atoms with van der Waals surface area (Å²) in [4.78, 5) is 13.2. The van der Waals surface area contributed by atoms with E-state index < -0.39 is 59.9 Å². The van der Waals surface area contributed by atoms with Crippen LogP contribution < -0.4 is 5.32 Å². The number of rotatable bonds is 62. The van der Waals surface area contributed by atoms with Crippen LogP contribution in [0.15, 0.2) is 12.2 Å². The molecule has 6 N–H and O–H groups in total. The minimum Gasteiger partial charge on any atom is -0.394 e. The largest absolute Gasteiger partial charge is 0.397 e. The summed E-state index contributed by atoms with van der Waals surface area (Å²) in [6, 6.07) is -0.857. The molecule has 0 bridgehead atoms. The first-order valence-electron chi connectivity index (χ1n) is 34.6. The van der Waals surface area contributed by atoms with Gasteiger partial charge in [-0.15, -0.1) is 0 Å². The molecule has 7 atom stereocenters. The summed E-state index contributed by atoms with van der Waals surface area (Å²) in [5.74, 6) is -0.222. The molecular weight excluding hydrogens is 1030 g/mol. The number of hydrogen-bond acceptors (Lipinski definition) is 10. The molecule has 1 heterocycles. The van der Waals surface area contributed by atoms with Gasteiger partial charge >= 0.3 is 10.4 Å². The van der Waals surface area contributed by atoms with Crippen LogP contribution in [0.5, 0.6) is 0 Å². The van der Waals surface area contributed by atoms with Gasteiger partial charge in [-0.2, -0.15) is 8.42 Å². The fourth-order valence-corrected chi connectivity index (χ4v) is 12.0. The number of unbranched alkanes of at least 4 members (excludes halogenated alkanes) is 48. The molecule has 1 rings (SSSR count). The molecule has 0 aromatic rings. The third-order valence-electron chi connectivity index (χ3n) is 16.8. The molecule has 1 aliphatic heterocycles. The van der Waals surface area contributed by atoms with Gasteiger partial charge in [0, 0.05) is 6.42 Å². The summed E-state index contributed by atoms with van der Waals surface area (Å²) in [6.07, 6.45) is 62.4. The Morgan fingerprint density at radius 2 is 0.800 bits per heavy atom. The minimum atomic E-state index is -5.08. The van der Waals surface area contributed by atoms with Crippen LogP contribution in [0.1, 0.15) is 354 Å². The smallest absolute Gasteiger partial charge is 0.394 e. The molecule has 12 nitrogen and oxygen atoms in total. The monoisotopic (exact) mass is 1160 g/mol. The van der Waals surface area contributed by atoms with Crippen molar-refractivity contribution < 1.29 is 51.8 Å². The second kappa shape index (κ2) is 56.9. The van der Waals surface area contributed by atoms with Crippen molar-refractivity contribution in [2.45, 2.75) is 397 Å². The highest BCUT2D eigenvalue weighted by Gasteiger charge is 2.48. The van der Waals surface area contributed by atoms with Gasteiger partial charge in [-0.05, 0) is 38.5 Å². The average Bonchev–Trinajstić information content (AvgIpc) is 3.43. The Hall–Kier alpha value is -1.16. The summed E-state index contributed by atoms with van der Waals surface area (Å²) in [5.41, 5.74) is 0. The Morgan fingerprint density at radius 3 is 1.12 bits per heavy atom.